The minimum absolute atomic E-state index is 0.692. The molecule has 18 heavy (non-hydrogen) atoms. The third kappa shape index (κ3) is 2.73. The Morgan fingerprint density at radius 3 is 2.56 bits per heavy atom. The summed E-state index contributed by atoms with van der Waals surface area (Å²) in [4.78, 5) is 2.77. The molecule has 0 bridgehead atoms. The predicted molar refractivity (Wildman–Crippen MR) is 73.7 cm³/mol. The van der Waals surface area contributed by atoms with Gasteiger partial charge >= 0.3 is 0 Å². The molecule has 2 heterocycles. The first-order valence-corrected chi connectivity index (χ1v) is 7.82. The van der Waals surface area contributed by atoms with E-state index in [-0.39, 0.29) is 0 Å². The lowest BCUT2D eigenvalue weighted by molar-refractivity contribution is 0.00573. The van der Waals surface area contributed by atoms with Gasteiger partial charge in [-0.15, -0.1) is 0 Å². The number of nitrogens with zero attached hydrogens (tertiary/aromatic N) is 1. The first-order valence-electron chi connectivity index (χ1n) is 7.82. The van der Waals surface area contributed by atoms with Crippen LogP contribution in [0.4, 0.5) is 0 Å². The van der Waals surface area contributed by atoms with Crippen LogP contribution in [0.2, 0.25) is 0 Å². The number of hydrogen-bond donors (Lipinski definition) is 1. The Kier molecular flexibility index (Phi) is 3.92. The molecular weight excluding hydrogens is 224 g/mol. The van der Waals surface area contributed by atoms with Gasteiger partial charge in [0.1, 0.15) is 0 Å². The molecular formula is C15H28N2O. The van der Waals surface area contributed by atoms with Gasteiger partial charge < -0.3 is 10.1 Å². The lowest BCUT2D eigenvalue weighted by Gasteiger charge is -2.45. The van der Waals surface area contributed by atoms with E-state index in [4.69, 9.17) is 4.74 Å². The van der Waals surface area contributed by atoms with Crippen molar-refractivity contribution in [2.45, 2.75) is 57.7 Å². The van der Waals surface area contributed by atoms with Crippen molar-refractivity contribution in [3.8, 4) is 0 Å². The summed E-state index contributed by atoms with van der Waals surface area (Å²) in [6.07, 6.45) is 5.41. The van der Waals surface area contributed by atoms with E-state index < -0.39 is 0 Å². The summed E-state index contributed by atoms with van der Waals surface area (Å²) in [6, 6.07) is 2.19. The van der Waals surface area contributed by atoms with Crippen LogP contribution < -0.4 is 5.32 Å². The summed E-state index contributed by atoms with van der Waals surface area (Å²) in [5.74, 6) is 1.82. The summed E-state index contributed by atoms with van der Waals surface area (Å²) in [7, 11) is 0. The minimum Gasteiger partial charge on any atom is -0.381 e. The zero-order valence-electron chi connectivity index (χ0n) is 11.9. The van der Waals surface area contributed by atoms with Crippen molar-refractivity contribution >= 4 is 0 Å². The molecule has 0 radical (unpaired) electrons. The molecule has 3 aliphatic rings. The second kappa shape index (κ2) is 5.48. The molecule has 104 valence electrons. The summed E-state index contributed by atoms with van der Waals surface area (Å²) < 4.78 is 5.50. The van der Waals surface area contributed by atoms with Crippen LogP contribution in [0.3, 0.4) is 0 Å². The van der Waals surface area contributed by atoms with Gasteiger partial charge in [0.15, 0.2) is 0 Å². The molecule has 3 nitrogen and oxygen atoms in total. The maximum Gasteiger partial charge on any atom is 0.0469 e. The Bertz CT molecular complexity index is 274. The fourth-order valence-electron chi connectivity index (χ4n) is 3.76. The molecule has 3 heteroatoms. The highest BCUT2D eigenvalue weighted by Gasteiger charge is 2.38. The van der Waals surface area contributed by atoms with Crippen molar-refractivity contribution in [3.63, 3.8) is 0 Å². The Hall–Kier alpha value is -0.120. The van der Waals surface area contributed by atoms with Gasteiger partial charge in [-0.25, -0.2) is 0 Å². The van der Waals surface area contributed by atoms with Gasteiger partial charge in [0.25, 0.3) is 0 Å². The normalized spacial score (nSPS) is 37.7. The molecule has 3 rings (SSSR count). The van der Waals surface area contributed by atoms with E-state index in [2.05, 4.69) is 24.1 Å². The first-order chi connectivity index (χ1) is 8.75. The van der Waals surface area contributed by atoms with Crippen molar-refractivity contribution in [2.75, 3.05) is 26.3 Å². The van der Waals surface area contributed by atoms with Crippen LogP contribution in [0.25, 0.3) is 0 Å². The number of ether oxygens (including phenoxy) is 1. The first kappa shape index (κ1) is 12.9. The van der Waals surface area contributed by atoms with Crippen molar-refractivity contribution in [2.24, 2.45) is 11.8 Å². The number of hydrogen-bond acceptors (Lipinski definition) is 3. The van der Waals surface area contributed by atoms with Crippen LogP contribution in [0, 0.1) is 11.8 Å². The molecule has 0 aromatic rings. The molecule has 1 saturated carbocycles. The Morgan fingerprint density at radius 1 is 1.17 bits per heavy atom. The van der Waals surface area contributed by atoms with E-state index in [9.17, 15) is 0 Å². The second-order valence-corrected chi connectivity index (χ2v) is 6.59. The van der Waals surface area contributed by atoms with Crippen molar-refractivity contribution in [3.05, 3.63) is 0 Å². The van der Waals surface area contributed by atoms with E-state index >= 15 is 0 Å². The summed E-state index contributed by atoms with van der Waals surface area (Å²) in [5, 5.41) is 3.75. The molecule has 2 saturated heterocycles. The maximum atomic E-state index is 5.50. The van der Waals surface area contributed by atoms with Gasteiger partial charge in [-0.1, -0.05) is 0 Å². The van der Waals surface area contributed by atoms with Crippen LogP contribution >= 0.6 is 0 Å². The molecule has 1 aliphatic carbocycles. The molecule has 3 atom stereocenters. The number of nitrogens with one attached hydrogen (secondary N) is 1. The largest absolute Gasteiger partial charge is 0.381 e. The third-order valence-corrected chi connectivity index (χ3v) is 5.31. The van der Waals surface area contributed by atoms with E-state index in [0.717, 1.165) is 37.1 Å². The van der Waals surface area contributed by atoms with Crippen molar-refractivity contribution in [1.29, 1.82) is 0 Å². The monoisotopic (exact) mass is 252 g/mol. The maximum absolute atomic E-state index is 5.50. The molecule has 0 aromatic heterocycles. The average molecular weight is 252 g/mol. The van der Waals surface area contributed by atoms with Crippen LogP contribution in [0.1, 0.15) is 39.5 Å². The third-order valence-electron chi connectivity index (χ3n) is 5.31. The highest BCUT2D eigenvalue weighted by atomic mass is 16.5. The van der Waals surface area contributed by atoms with Gasteiger partial charge in [-0.2, -0.15) is 0 Å². The highest BCUT2D eigenvalue weighted by molar-refractivity contribution is 4.95. The lowest BCUT2D eigenvalue weighted by atomic mass is 9.89. The van der Waals surface area contributed by atoms with Crippen molar-refractivity contribution < 1.29 is 4.74 Å². The fourth-order valence-corrected chi connectivity index (χ4v) is 3.76. The highest BCUT2D eigenvalue weighted by Crippen LogP contribution is 2.35. The zero-order chi connectivity index (χ0) is 12.5. The summed E-state index contributed by atoms with van der Waals surface area (Å²) in [6.45, 7) is 9.22. The Labute approximate surface area is 111 Å². The van der Waals surface area contributed by atoms with E-state index in [1.165, 1.54) is 38.8 Å². The molecule has 0 amide bonds. The molecule has 1 N–H and O–H groups in total. The topological polar surface area (TPSA) is 24.5 Å². The number of rotatable bonds is 3. The zero-order valence-corrected chi connectivity index (χ0v) is 11.9. The van der Waals surface area contributed by atoms with Crippen LogP contribution in [0.5, 0.6) is 0 Å². The second-order valence-electron chi connectivity index (χ2n) is 6.59. The molecule has 3 unspecified atom stereocenters. The Balaban J connectivity index is 1.60. The van der Waals surface area contributed by atoms with Crippen molar-refractivity contribution in [1.82, 2.24) is 10.2 Å². The Morgan fingerprint density at radius 2 is 1.89 bits per heavy atom. The predicted octanol–water partition coefficient (Wildman–Crippen LogP) is 1.87. The fraction of sp³-hybridized carbons (Fsp3) is 1.00. The van der Waals surface area contributed by atoms with Crippen LogP contribution in [-0.2, 0) is 4.74 Å². The van der Waals surface area contributed by atoms with Gasteiger partial charge in [-0.3, -0.25) is 4.90 Å². The smallest absolute Gasteiger partial charge is 0.0469 e. The van der Waals surface area contributed by atoms with Crippen LogP contribution in [-0.4, -0.2) is 49.3 Å². The quantitative estimate of drug-likeness (QED) is 0.830. The SMILES string of the molecule is CC1CNC(C2CC2)CN1C(C)C1CCOCC1. The lowest BCUT2D eigenvalue weighted by Crippen LogP contribution is -2.60. The van der Waals surface area contributed by atoms with E-state index in [0.29, 0.717) is 6.04 Å². The average Bonchev–Trinajstić information content (AvgIpc) is 3.24. The molecule has 3 fully saturated rings. The van der Waals surface area contributed by atoms with Crippen LogP contribution in [0.15, 0.2) is 0 Å². The number of piperazine rings is 1. The summed E-state index contributed by atoms with van der Waals surface area (Å²) >= 11 is 0. The standard InChI is InChI=1S/C15H28N2O/c1-11-9-16-15(14-3-4-14)10-17(11)12(2)13-5-7-18-8-6-13/h11-16H,3-10H2,1-2H3. The van der Waals surface area contributed by atoms with Gasteiger partial charge in [0, 0.05) is 44.4 Å². The molecule has 0 spiro atoms. The minimum atomic E-state index is 0.692. The van der Waals surface area contributed by atoms with Gasteiger partial charge in [0.2, 0.25) is 0 Å². The molecule has 2 aliphatic heterocycles. The van der Waals surface area contributed by atoms with Gasteiger partial charge in [-0.05, 0) is 51.4 Å². The van der Waals surface area contributed by atoms with E-state index in [1.807, 2.05) is 0 Å². The van der Waals surface area contributed by atoms with Gasteiger partial charge in [0.05, 0.1) is 0 Å². The molecule has 0 aromatic carbocycles. The summed E-state index contributed by atoms with van der Waals surface area (Å²) in [5.41, 5.74) is 0. The van der Waals surface area contributed by atoms with E-state index in [1.54, 1.807) is 0 Å².